The number of amides is 1. The zero-order valence-corrected chi connectivity index (χ0v) is 13.8. The number of alkyl carbamates (subject to hydrolysis) is 1. The molecule has 0 spiro atoms. The van der Waals surface area contributed by atoms with E-state index < -0.39 is 11.7 Å². The van der Waals surface area contributed by atoms with Gasteiger partial charge in [0.2, 0.25) is 0 Å². The van der Waals surface area contributed by atoms with Gasteiger partial charge in [-0.25, -0.2) is 4.79 Å². The summed E-state index contributed by atoms with van der Waals surface area (Å²) in [5.74, 6) is -0.0268. The standard InChI is InChI=1S/C15H20BrNO3/c1-10(17-14(19)20-15(2,3)4)9-13(18)11-7-5-6-8-12(11)16/h5-8,10H,9H2,1-4H3,(H,17,19). The third-order valence-corrected chi connectivity index (χ3v) is 3.12. The predicted octanol–water partition coefficient (Wildman–Crippen LogP) is 3.94. The van der Waals surface area contributed by atoms with Crippen LogP contribution in [0.15, 0.2) is 28.7 Å². The molecule has 0 aromatic heterocycles. The molecule has 0 aliphatic rings. The minimum absolute atomic E-state index is 0.0268. The summed E-state index contributed by atoms with van der Waals surface area (Å²) >= 11 is 3.34. The van der Waals surface area contributed by atoms with Crippen LogP contribution in [0.4, 0.5) is 4.79 Å². The molecule has 1 amide bonds. The summed E-state index contributed by atoms with van der Waals surface area (Å²) in [4.78, 5) is 23.7. The molecule has 4 nitrogen and oxygen atoms in total. The van der Waals surface area contributed by atoms with E-state index in [1.165, 1.54) is 0 Å². The van der Waals surface area contributed by atoms with Gasteiger partial charge in [-0.15, -0.1) is 0 Å². The minimum atomic E-state index is -0.545. The van der Waals surface area contributed by atoms with Gasteiger partial charge in [-0.2, -0.15) is 0 Å². The lowest BCUT2D eigenvalue weighted by molar-refractivity contribution is 0.0506. The summed E-state index contributed by atoms with van der Waals surface area (Å²) in [7, 11) is 0. The zero-order valence-electron chi connectivity index (χ0n) is 12.2. The van der Waals surface area contributed by atoms with Gasteiger partial charge >= 0.3 is 6.09 Å². The fourth-order valence-corrected chi connectivity index (χ4v) is 2.14. The predicted molar refractivity (Wildman–Crippen MR) is 81.9 cm³/mol. The Labute approximate surface area is 128 Å². The summed E-state index contributed by atoms with van der Waals surface area (Å²) in [5, 5.41) is 2.66. The summed E-state index contributed by atoms with van der Waals surface area (Å²) < 4.78 is 5.91. The molecule has 1 aromatic carbocycles. The molecule has 0 radical (unpaired) electrons. The second kappa shape index (κ2) is 6.88. The van der Waals surface area contributed by atoms with Gasteiger partial charge in [0.25, 0.3) is 0 Å². The van der Waals surface area contributed by atoms with Gasteiger partial charge in [-0.1, -0.05) is 34.1 Å². The molecule has 1 unspecified atom stereocenters. The van der Waals surface area contributed by atoms with Crippen LogP contribution in [-0.2, 0) is 4.74 Å². The summed E-state index contributed by atoms with van der Waals surface area (Å²) in [6.07, 6.45) is -0.285. The normalized spacial score (nSPS) is 12.7. The molecular formula is C15H20BrNO3. The van der Waals surface area contributed by atoms with Crippen molar-refractivity contribution in [3.05, 3.63) is 34.3 Å². The second-order valence-electron chi connectivity index (χ2n) is 5.65. The van der Waals surface area contributed by atoms with E-state index in [9.17, 15) is 9.59 Å². The lowest BCUT2D eigenvalue weighted by Gasteiger charge is -2.21. The topological polar surface area (TPSA) is 55.4 Å². The first kappa shape index (κ1) is 16.7. The minimum Gasteiger partial charge on any atom is -0.444 e. The Hall–Kier alpha value is -1.36. The fourth-order valence-electron chi connectivity index (χ4n) is 1.64. The van der Waals surface area contributed by atoms with Crippen LogP contribution < -0.4 is 5.32 Å². The maximum atomic E-state index is 12.1. The first-order valence-corrected chi connectivity index (χ1v) is 7.25. The van der Waals surface area contributed by atoms with Gasteiger partial charge < -0.3 is 10.1 Å². The van der Waals surface area contributed by atoms with E-state index in [0.29, 0.717) is 5.56 Å². The highest BCUT2D eigenvalue weighted by molar-refractivity contribution is 9.10. The molecule has 110 valence electrons. The van der Waals surface area contributed by atoms with Crippen molar-refractivity contribution < 1.29 is 14.3 Å². The van der Waals surface area contributed by atoms with Gasteiger partial charge in [0.05, 0.1) is 0 Å². The van der Waals surface area contributed by atoms with Crippen LogP contribution in [0.1, 0.15) is 44.5 Å². The number of carbonyl (C=O) groups is 2. The highest BCUT2D eigenvalue weighted by Crippen LogP contribution is 2.18. The number of rotatable bonds is 4. The first-order valence-electron chi connectivity index (χ1n) is 6.46. The molecule has 5 heteroatoms. The Balaban J connectivity index is 2.55. The van der Waals surface area contributed by atoms with E-state index in [2.05, 4.69) is 21.2 Å². The molecule has 0 fully saturated rings. The number of hydrogen-bond acceptors (Lipinski definition) is 3. The Kier molecular flexibility index (Phi) is 5.74. The fraction of sp³-hybridized carbons (Fsp3) is 0.467. The molecule has 0 bridgehead atoms. The van der Waals surface area contributed by atoms with Crippen molar-refractivity contribution >= 4 is 27.8 Å². The number of ether oxygens (including phenoxy) is 1. The van der Waals surface area contributed by atoms with E-state index in [0.717, 1.165) is 4.47 Å². The van der Waals surface area contributed by atoms with Gasteiger partial charge in [0.15, 0.2) is 5.78 Å². The lowest BCUT2D eigenvalue weighted by Crippen LogP contribution is -2.38. The van der Waals surface area contributed by atoms with Crippen molar-refractivity contribution in [3.63, 3.8) is 0 Å². The SMILES string of the molecule is CC(CC(=O)c1ccccc1Br)NC(=O)OC(C)(C)C. The van der Waals surface area contributed by atoms with Crippen LogP contribution >= 0.6 is 15.9 Å². The van der Waals surface area contributed by atoms with E-state index in [1.807, 2.05) is 18.2 Å². The molecule has 1 rings (SSSR count). The quantitative estimate of drug-likeness (QED) is 0.844. The van der Waals surface area contributed by atoms with Crippen LogP contribution in [0.5, 0.6) is 0 Å². The molecule has 0 aliphatic heterocycles. The van der Waals surface area contributed by atoms with Gasteiger partial charge in [-0.3, -0.25) is 4.79 Å². The van der Waals surface area contributed by atoms with Gasteiger partial charge in [-0.05, 0) is 33.8 Å². The summed E-state index contributed by atoms with van der Waals surface area (Å²) in [6.45, 7) is 7.16. The monoisotopic (exact) mass is 341 g/mol. The number of benzene rings is 1. The number of Topliss-reactive ketones (excluding diaryl/α,β-unsaturated/α-hetero) is 1. The number of carbonyl (C=O) groups excluding carboxylic acids is 2. The number of halogens is 1. The number of ketones is 1. The lowest BCUT2D eigenvalue weighted by atomic mass is 10.0. The van der Waals surface area contributed by atoms with Gasteiger partial charge in [0, 0.05) is 22.5 Å². The van der Waals surface area contributed by atoms with Crippen molar-refractivity contribution in [1.29, 1.82) is 0 Å². The highest BCUT2D eigenvalue weighted by atomic mass is 79.9. The number of hydrogen-bond donors (Lipinski definition) is 1. The molecule has 0 saturated heterocycles. The smallest absolute Gasteiger partial charge is 0.407 e. The molecular weight excluding hydrogens is 322 g/mol. The van der Waals surface area contributed by atoms with E-state index in [4.69, 9.17) is 4.74 Å². The van der Waals surface area contributed by atoms with Crippen LogP contribution in [0.2, 0.25) is 0 Å². The molecule has 0 heterocycles. The van der Waals surface area contributed by atoms with E-state index in [-0.39, 0.29) is 18.2 Å². The van der Waals surface area contributed by atoms with E-state index in [1.54, 1.807) is 33.8 Å². The third kappa shape index (κ3) is 5.74. The van der Waals surface area contributed by atoms with Crippen LogP contribution in [0.3, 0.4) is 0 Å². The maximum Gasteiger partial charge on any atom is 0.407 e. The summed E-state index contributed by atoms with van der Waals surface area (Å²) in [5.41, 5.74) is 0.0707. The zero-order chi connectivity index (χ0) is 15.3. The largest absolute Gasteiger partial charge is 0.444 e. The Morgan fingerprint density at radius 1 is 1.30 bits per heavy atom. The van der Waals surface area contributed by atoms with Crippen molar-refractivity contribution in [3.8, 4) is 0 Å². The average Bonchev–Trinajstić information content (AvgIpc) is 2.25. The first-order chi connectivity index (χ1) is 9.19. The van der Waals surface area contributed by atoms with Gasteiger partial charge in [0.1, 0.15) is 5.60 Å². The van der Waals surface area contributed by atoms with Crippen molar-refractivity contribution in [1.82, 2.24) is 5.32 Å². The molecule has 0 aliphatic carbocycles. The van der Waals surface area contributed by atoms with Crippen molar-refractivity contribution in [2.24, 2.45) is 0 Å². The Morgan fingerprint density at radius 3 is 2.45 bits per heavy atom. The van der Waals surface area contributed by atoms with Crippen LogP contribution in [-0.4, -0.2) is 23.5 Å². The summed E-state index contributed by atoms with van der Waals surface area (Å²) in [6, 6.07) is 6.95. The third-order valence-electron chi connectivity index (χ3n) is 2.43. The highest BCUT2D eigenvalue weighted by Gasteiger charge is 2.19. The Bertz CT molecular complexity index is 494. The second-order valence-corrected chi connectivity index (χ2v) is 6.51. The molecule has 1 N–H and O–H groups in total. The molecule has 0 saturated carbocycles. The molecule has 1 atom stereocenters. The maximum absolute atomic E-state index is 12.1. The van der Waals surface area contributed by atoms with Crippen LogP contribution in [0, 0.1) is 0 Å². The average molecular weight is 342 g/mol. The molecule has 20 heavy (non-hydrogen) atoms. The van der Waals surface area contributed by atoms with Crippen LogP contribution in [0.25, 0.3) is 0 Å². The number of nitrogens with one attached hydrogen (secondary N) is 1. The van der Waals surface area contributed by atoms with Crippen molar-refractivity contribution in [2.45, 2.75) is 45.8 Å². The van der Waals surface area contributed by atoms with Crippen molar-refractivity contribution in [2.75, 3.05) is 0 Å². The Morgan fingerprint density at radius 2 is 1.90 bits per heavy atom. The van der Waals surface area contributed by atoms with E-state index >= 15 is 0 Å². The molecule has 1 aromatic rings.